The number of carbonyl (C=O) groups excluding carboxylic acids is 1. The molecule has 0 amide bonds. The van der Waals surface area contributed by atoms with Crippen LogP contribution >= 0.6 is 0 Å². The summed E-state index contributed by atoms with van der Waals surface area (Å²) in [5.74, 6) is 0.0807. The van der Waals surface area contributed by atoms with Crippen molar-refractivity contribution in [3.63, 3.8) is 0 Å². The molecule has 1 unspecified atom stereocenters. The van der Waals surface area contributed by atoms with Gasteiger partial charge in [0.25, 0.3) is 0 Å². The molecule has 0 aromatic carbocycles. The molecule has 2 N–H and O–H groups in total. The van der Waals surface area contributed by atoms with Crippen molar-refractivity contribution < 1.29 is 4.79 Å². The fourth-order valence-electron chi connectivity index (χ4n) is 1.44. The molecule has 1 fully saturated rings. The predicted molar refractivity (Wildman–Crippen MR) is 48.8 cm³/mol. The maximum atomic E-state index is 11.7. The zero-order valence-corrected chi connectivity index (χ0v) is 7.29. The molecule has 1 aliphatic heterocycles. The third kappa shape index (κ3) is 1.79. The van der Waals surface area contributed by atoms with Crippen molar-refractivity contribution in [2.45, 2.75) is 6.04 Å². The maximum absolute atomic E-state index is 11.7. The molecule has 1 aromatic rings. The van der Waals surface area contributed by atoms with E-state index in [9.17, 15) is 4.79 Å². The Hall–Kier alpha value is -1.13. The first-order chi connectivity index (χ1) is 6.38. The number of hydrogen-bond acceptors (Lipinski definition) is 2. The molecule has 0 bridgehead atoms. The number of Topliss-reactive ketones (excluding diaryl/α,β-unsaturated/α-hetero) is 1. The van der Waals surface area contributed by atoms with Crippen molar-refractivity contribution in [3.05, 3.63) is 24.0 Å². The quantitative estimate of drug-likeness (QED) is 0.615. The van der Waals surface area contributed by atoms with Crippen molar-refractivity contribution in [1.82, 2.24) is 15.6 Å². The molecular formula is C9H12N3O. The van der Waals surface area contributed by atoms with E-state index in [0.29, 0.717) is 12.2 Å². The number of piperazine rings is 1. The first-order valence-electron chi connectivity index (χ1n) is 4.43. The highest BCUT2D eigenvalue weighted by molar-refractivity contribution is 5.98. The third-order valence-corrected chi connectivity index (χ3v) is 2.14. The Morgan fingerprint density at radius 1 is 1.62 bits per heavy atom. The first kappa shape index (κ1) is 8.47. The van der Waals surface area contributed by atoms with Crippen LogP contribution in [0.5, 0.6) is 0 Å². The lowest BCUT2D eigenvalue weighted by Gasteiger charge is -2.20. The van der Waals surface area contributed by atoms with E-state index in [2.05, 4.69) is 15.6 Å². The minimum atomic E-state index is -0.201. The lowest BCUT2D eigenvalue weighted by atomic mass is 10.1. The molecule has 1 aliphatic rings. The molecule has 1 aromatic heterocycles. The standard InChI is InChI=1S/C9H12N3O/c13-9(7-2-1-3-11-7)8-6-10-4-5-12-8/h1-3,8,10-11H,4-6H2. The van der Waals surface area contributed by atoms with Crippen LogP contribution in [0.25, 0.3) is 0 Å². The largest absolute Gasteiger partial charge is 0.359 e. The van der Waals surface area contributed by atoms with Crippen LogP contribution in [0, 0.1) is 0 Å². The van der Waals surface area contributed by atoms with Gasteiger partial charge < -0.3 is 10.3 Å². The minimum Gasteiger partial charge on any atom is -0.359 e. The summed E-state index contributed by atoms with van der Waals surface area (Å²) in [6.45, 7) is 2.28. The van der Waals surface area contributed by atoms with Gasteiger partial charge in [-0.1, -0.05) is 0 Å². The number of rotatable bonds is 2. The van der Waals surface area contributed by atoms with Gasteiger partial charge in [0.2, 0.25) is 0 Å². The monoisotopic (exact) mass is 178 g/mol. The predicted octanol–water partition coefficient (Wildman–Crippen LogP) is -0.226. The molecule has 0 spiro atoms. The van der Waals surface area contributed by atoms with Gasteiger partial charge in [-0.3, -0.25) is 4.79 Å². The Morgan fingerprint density at radius 3 is 3.15 bits per heavy atom. The molecule has 0 aliphatic carbocycles. The molecule has 1 radical (unpaired) electrons. The molecular weight excluding hydrogens is 166 g/mol. The molecule has 4 nitrogen and oxygen atoms in total. The number of aromatic nitrogens is 1. The molecule has 69 valence electrons. The topological polar surface area (TPSA) is 59.0 Å². The van der Waals surface area contributed by atoms with Crippen molar-refractivity contribution in [2.24, 2.45) is 0 Å². The number of ketones is 1. The third-order valence-electron chi connectivity index (χ3n) is 2.14. The Morgan fingerprint density at radius 2 is 2.54 bits per heavy atom. The van der Waals surface area contributed by atoms with Crippen molar-refractivity contribution in [3.8, 4) is 0 Å². The summed E-state index contributed by atoms with van der Waals surface area (Å²) in [5.41, 5.74) is 0.650. The van der Waals surface area contributed by atoms with Gasteiger partial charge >= 0.3 is 0 Å². The van der Waals surface area contributed by atoms with E-state index < -0.39 is 0 Å². The average Bonchev–Trinajstić information content (AvgIpc) is 2.71. The van der Waals surface area contributed by atoms with E-state index in [4.69, 9.17) is 0 Å². The fourth-order valence-corrected chi connectivity index (χ4v) is 1.44. The van der Waals surface area contributed by atoms with E-state index in [1.807, 2.05) is 6.07 Å². The minimum absolute atomic E-state index is 0.0807. The van der Waals surface area contributed by atoms with E-state index >= 15 is 0 Å². The highest BCUT2D eigenvalue weighted by Gasteiger charge is 2.22. The Bertz CT molecular complexity index is 275. The SMILES string of the molecule is O=C(c1ccc[nH]1)C1CNCC[N]1. The van der Waals surface area contributed by atoms with Crippen LogP contribution in [0.1, 0.15) is 10.5 Å². The van der Waals surface area contributed by atoms with Crippen LogP contribution in [0.15, 0.2) is 18.3 Å². The zero-order chi connectivity index (χ0) is 9.10. The average molecular weight is 178 g/mol. The van der Waals surface area contributed by atoms with E-state index in [0.717, 1.165) is 13.1 Å². The van der Waals surface area contributed by atoms with Gasteiger partial charge in [0, 0.05) is 25.8 Å². The number of nitrogens with zero attached hydrogens (tertiary/aromatic N) is 1. The number of aromatic amines is 1. The molecule has 2 heterocycles. The van der Waals surface area contributed by atoms with Gasteiger partial charge in [-0.25, -0.2) is 5.32 Å². The van der Waals surface area contributed by atoms with Gasteiger partial charge in [-0.2, -0.15) is 0 Å². The normalized spacial score (nSPS) is 22.9. The van der Waals surface area contributed by atoms with E-state index in [1.165, 1.54) is 0 Å². The van der Waals surface area contributed by atoms with Crippen LogP contribution in [-0.4, -0.2) is 36.4 Å². The van der Waals surface area contributed by atoms with Crippen molar-refractivity contribution in [2.75, 3.05) is 19.6 Å². The number of carbonyl (C=O) groups is 1. The summed E-state index contributed by atoms with van der Waals surface area (Å²) in [7, 11) is 0. The molecule has 4 heteroatoms. The van der Waals surface area contributed by atoms with E-state index in [1.54, 1.807) is 12.3 Å². The molecule has 2 rings (SSSR count). The highest BCUT2D eigenvalue weighted by Crippen LogP contribution is 2.02. The highest BCUT2D eigenvalue weighted by atomic mass is 16.1. The van der Waals surface area contributed by atoms with Crippen LogP contribution in [0.4, 0.5) is 0 Å². The lowest BCUT2D eigenvalue weighted by molar-refractivity contribution is 0.0927. The van der Waals surface area contributed by atoms with Crippen molar-refractivity contribution >= 4 is 5.78 Å². The van der Waals surface area contributed by atoms with Gasteiger partial charge in [0.05, 0.1) is 5.69 Å². The second-order valence-corrected chi connectivity index (χ2v) is 3.07. The Balaban J connectivity index is 2.04. The van der Waals surface area contributed by atoms with Crippen LogP contribution in [-0.2, 0) is 0 Å². The second kappa shape index (κ2) is 3.72. The molecule has 0 saturated carbocycles. The van der Waals surface area contributed by atoms with Crippen molar-refractivity contribution in [1.29, 1.82) is 0 Å². The summed E-state index contributed by atoms with van der Waals surface area (Å²) in [6, 6.07) is 3.41. The Labute approximate surface area is 76.7 Å². The number of H-pyrrole nitrogens is 1. The first-order valence-corrected chi connectivity index (χ1v) is 4.43. The smallest absolute Gasteiger partial charge is 0.198 e. The van der Waals surface area contributed by atoms with E-state index in [-0.39, 0.29) is 11.8 Å². The van der Waals surface area contributed by atoms with Gasteiger partial charge in [-0.15, -0.1) is 0 Å². The van der Waals surface area contributed by atoms with Gasteiger partial charge in [-0.05, 0) is 12.1 Å². The summed E-state index contributed by atoms with van der Waals surface area (Å²) >= 11 is 0. The zero-order valence-electron chi connectivity index (χ0n) is 7.29. The summed E-state index contributed by atoms with van der Waals surface area (Å²) in [6.07, 6.45) is 1.75. The lowest BCUT2D eigenvalue weighted by Crippen LogP contribution is -2.48. The molecule has 13 heavy (non-hydrogen) atoms. The second-order valence-electron chi connectivity index (χ2n) is 3.07. The van der Waals surface area contributed by atoms with Crippen LogP contribution in [0.2, 0.25) is 0 Å². The van der Waals surface area contributed by atoms with Crippen LogP contribution in [0.3, 0.4) is 0 Å². The fraction of sp³-hybridized carbons (Fsp3) is 0.444. The number of nitrogens with one attached hydrogen (secondary N) is 2. The summed E-state index contributed by atoms with van der Waals surface area (Å²) in [5, 5.41) is 7.40. The Kier molecular flexibility index (Phi) is 2.42. The number of hydrogen-bond donors (Lipinski definition) is 2. The molecule has 1 saturated heterocycles. The van der Waals surface area contributed by atoms with Gasteiger partial charge in [0.15, 0.2) is 5.78 Å². The van der Waals surface area contributed by atoms with Gasteiger partial charge in [0.1, 0.15) is 6.04 Å². The molecule has 1 atom stereocenters. The summed E-state index contributed by atoms with van der Waals surface area (Å²) < 4.78 is 0. The maximum Gasteiger partial charge on any atom is 0.198 e. The van der Waals surface area contributed by atoms with Crippen LogP contribution < -0.4 is 10.6 Å². The summed E-state index contributed by atoms with van der Waals surface area (Å²) in [4.78, 5) is 14.6.